The number of amides is 1. The largest absolute Gasteiger partial charge is 0.447 e. The highest BCUT2D eigenvalue weighted by Gasteiger charge is 2.30. The molecule has 1 saturated heterocycles. The number of alkyl halides is 3. The molecule has 10 heteroatoms. The summed E-state index contributed by atoms with van der Waals surface area (Å²) in [4.78, 5) is 24.1. The van der Waals surface area contributed by atoms with Crippen molar-refractivity contribution in [2.75, 3.05) is 33.2 Å². The molecule has 0 spiro atoms. The number of piperazine rings is 1. The van der Waals surface area contributed by atoms with Crippen molar-refractivity contribution in [3.8, 4) is 0 Å². The van der Waals surface area contributed by atoms with Crippen molar-refractivity contribution in [2.24, 2.45) is 0 Å². The molecule has 1 fully saturated rings. The Bertz CT molecular complexity index is 1060. The van der Waals surface area contributed by atoms with Crippen LogP contribution in [0.3, 0.4) is 0 Å². The Labute approximate surface area is 194 Å². The predicted octanol–water partition coefficient (Wildman–Crippen LogP) is 4.34. The molecular weight excluding hydrogens is 453 g/mol. The molecule has 0 N–H and O–H groups in total. The normalized spacial score (nSPS) is 15.4. The van der Waals surface area contributed by atoms with E-state index in [1.54, 1.807) is 22.3 Å². The average Bonchev–Trinajstić information content (AvgIpc) is 3.46. The highest BCUT2D eigenvalue weighted by molar-refractivity contribution is 7.09. The summed E-state index contributed by atoms with van der Waals surface area (Å²) < 4.78 is 45.0. The van der Waals surface area contributed by atoms with Gasteiger partial charge in [0, 0.05) is 44.1 Å². The zero-order chi connectivity index (χ0) is 23.4. The monoisotopic (exact) mass is 478 g/mol. The molecule has 0 saturated carbocycles. The van der Waals surface area contributed by atoms with Crippen LogP contribution in [-0.4, -0.2) is 58.8 Å². The average molecular weight is 479 g/mol. The van der Waals surface area contributed by atoms with E-state index in [-0.39, 0.29) is 24.7 Å². The third-order valence-corrected chi connectivity index (χ3v) is 6.40. The lowest BCUT2D eigenvalue weighted by Crippen LogP contribution is -2.47. The molecule has 3 heterocycles. The Morgan fingerprint density at radius 2 is 1.91 bits per heavy atom. The zero-order valence-corrected chi connectivity index (χ0v) is 19.0. The summed E-state index contributed by atoms with van der Waals surface area (Å²) in [5, 5.41) is 1.95. The number of rotatable bonds is 7. The fraction of sp³-hybridized carbons (Fsp3) is 0.391. The first-order valence-electron chi connectivity index (χ1n) is 10.6. The minimum absolute atomic E-state index is 0.166. The molecule has 0 bridgehead atoms. The molecule has 1 amide bonds. The van der Waals surface area contributed by atoms with Crippen LogP contribution in [0.5, 0.6) is 0 Å². The lowest BCUT2D eigenvalue weighted by atomic mass is 10.1. The summed E-state index contributed by atoms with van der Waals surface area (Å²) in [7, 11) is 2.02. The van der Waals surface area contributed by atoms with Gasteiger partial charge in [0.25, 0.3) is 5.91 Å². The van der Waals surface area contributed by atoms with Crippen LogP contribution in [0.2, 0.25) is 0 Å². The van der Waals surface area contributed by atoms with E-state index in [4.69, 9.17) is 4.42 Å². The van der Waals surface area contributed by atoms with Gasteiger partial charge in [-0.3, -0.25) is 9.69 Å². The van der Waals surface area contributed by atoms with Crippen LogP contribution in [0.25, 0.3) is 0 Å². The first-order valence-corrected chi connectivity index (χ1v) is 11.5. The summed E-state index contributed by atoms with van der Waals surface area (Å²) in [6.45, 7) is 3.97. The minimum atomic E-state index is -4.39. The maximum absolute atomic E-state index is 13.1. The minimum Gasteiger partial charge on any atom is -0.447 e. The number of oxazole rings is 1. The summed E-state index contributed by atoms with van der Waals surface area (Å²) in [6, 6.07) is 9.23. The second-order valence-electron chi connectivity index (χ2n) is 8.14. The van der Waals surface area contributed by atoms with E-state index in [0.29, 0.717) is 31.1 Å². The summed E-state index contributed by atoms with van der Waals surface area (Å²) in [5.41, 5.74) is 0.124. The van der Waals surface area contributed by atoms with Crippen LogP contribution in [0.1, 0.15) is 32.4 Å². The standard InChI is InChI=1S/C23H25F3N4O2S/c1-28-7-9-30(10-8-28)22(31)20-16-32-21(27-20)15-29(14-19-6-3-11-33-19)13-17-4-2-5-18(12-17)23(24,25)26/h2-6,11-12,16H,7-10,13-15H2,1H3. The maximum atomic E-state index is 13.1. The fourth-order valence-electron chi connectivity index (χ4n) is 3.74. The summed E-state index contributed by atoms with van der Waals surface area (Å²) in [6.07, 6.45) is -3.03. The maximum Gasteiger partial charge on any atom is 0.416 e. The molecule has 6 nitrogen and oxygen atoms in total. The number of halogens is 3. The van der Waals surface area contributed by atoms with Crippen molar-refractivity contribution in [3.63, 3.8) is 0 Å². The van der Waals surface area contributed by atoms with Gasteiger partial charge in [-0.15, -0.1) is 11.3 Å². The van der Waals surface area contributed by atoms with Crippen LogP contribution in [0.4, 0.5) is 13.2 Å². The van der Waals surface area contributed by atoms with E-state index in [0.717, 1.165) is 24.0 Å². The molecule has 0 aliphatic carbocycles. The number of hydrogen-bond acceptors (Lipinski definition) is 6. The Morgan fingerprint density at radius 1 is 1.12 bits per heavy atom. The van der Waals surface area contributed by atoms with Gasteiger partial charge in [-0.1, -0.05) is 24.3 Å². The molecule has 33 heavy (non-hydrogen) atoms. The highest BCUT2D eigenvalue weighted by Crippen LogP contribution is 2.30. The van der Waals surface area contributed by atoms with Crippen molar-refractivity contribution < 1.29 is 22.4 Å². The number of benzene rings is 1. The number of thiophene rings is 1. The van der Waals surface area contributed by atoms with Crippen molar-refractivity contribution in [1.82, 2.24) is 19.7 Å². The van der Waals surface area contributed by atoms with Gasteiger partial charge in [0.1, 0.15) is 6.26 Å². The van der Waals surface area contributed by atoms with Crippen molar-refractivity contribution in [2.45, 2.75) is 25.8 Å². The van der Waals surface area contributed by atoms with Crippen molar-refractivity contribution in [3.05, 3.63) is 75.6 Å². The van der Waals surface area contributed by atoms with Gasteiger partial charge in [0.15, 0.2) is 5.69 Å². The number of likely N-dealkylation sites (N-methyl/N-ethyl adjacent to an activating group) is 1. The first-order chi connectivity index (χ1) is 15.8. The lowest BCUT2D eigenvalue weighted by molar-refractivity contribution is -0.137. The van der Waals surface area contributed by atoms with Gasteiger partial charge in [-0.25, -0.2) is 4.98 Å². The quantitative estimate of drug-likeness (QED) is 0.506. The molecule has 176 valence electrons. The molecular formula is C23H25F3N4O2S. The second-order valence-corrected chi connectivity index (χ2v) is 9.18. The molecule has 3 aromatic rings. The first kappa shape index (κ1) is 23.5. The van der Waals surface area contributed by atoms with Crippen LogP contribution in [0, 0.1) is 0 Å². The Hall–Kier alpha value is -2.69. The van der Waals surface area contributed by atoms with E-state index < -0.39 is 11.7 Å². The molecule has 1 aliphatic heterocycles. The molecule has 2 aromatic heterocycles. The van der Waals surface area contributed by atoms with Gasteiger partial charge in [-0.05, 0) is 30.1 Å². The molecule has 0 radical (unpaired) electrons. The zero-order valence-electron chi connectivity index (χ0n) is 18.2. The Morgan fingerprint density at radius 3 is 2.61 bits per heavy atom. The third kappa shape index (κ3) is 6.21. The summed E-state index contributed by atoms with van der Waals surface area (Å²) >= 11 is 1.57. The van der Waals surface area contributed by atoms with Gasteiger partial charge in [0.05, 0.1) is 12.1 Å². The van der Waals surface area contributed by atoms with Crippen LogP contribution in [0.15, 0.2) is 52.5 Å². The molecule has 0 atom stereocenters. The van der Waals surface area contributed by atoms with E-state index in [1.807, 2.05) is 29.5 Å². The van der Waals surface area contributed by atoms with Crippen LogP contribution < -0.4 is 0 Å². The van der Waals surface area contributed by atoms with E-state index in [2.05, 4.69) is 9.88 Å². The van der Waals surface area contributed by atoms with Crippen LogP contribution >= 0.6 is 11.3 Å². The smallest absolute Gasteiger partial charge is 0.416 e. The number of nitrogens with zero attached hydrogens (tertiary/aromatic N) is 4. The van der Waals surface area contributed by atoms with E-state index in [9.17, 15) is 18.0 Å². The third-order valence-electron chi connectivity index (χ3n) is 5.54. The number of carbonyl (C=O) groups excluding carboxylic acids is 1. The Kier molecular flexibility index (Phi) is 7.16. The van der Waals surface area contributed by atoms with Gasteiger partial charge in [-0.2, -0.15) is 13.2 Å². The lowest BCUT2D eigenvalue weighted by Gasteiger charge is -2.31. The molecule has 0 unspecified atom stereocenters. The topological polar surface area (TPSA) is 52.8 Å². The van der Waals surface area contributed by atoms with Crippen molar-refractivity contribution in [1.29, 1.82) is 0 Å². The van der Waals surface area contributed by atoms with E-state index in [1.165, 1.54) is 18.4 Å². The SMILES string of the molecule is CN1CCN(C(=O)c2coc(CN(Cc3cccc(C(F)(F)F)c3)Cc3cccs3)n2)CC1. The Balaban J connectivity index is 1.48. The molecule has 1 aromatic carbocycles. The summed E-state index contributed by atoms with van der Waals surface area (Å²) in [5.74, 6) is 0.191. The second kappa shape index (κ2) is 10.1. The fourth-order valence-corrected chi connectivity index (χ4v) is 4.49. The van der Waals surface area contributed by atoms with Gasteiger partial charge >= 0.3 is 6.18 Å². The van der Waals surface area contributed by atoms with Crippen molar-refractivity contribution >= 4 is 17.2 Å². The number of aromatic nitrogens is 1. The predicted molar refractivity (Wildman–Crippen MR) is 119 cm³/mol. The number of hydrogen-bond donors (Lipinski definition) is 0. The molecule has 1 aliphatic rings. The highest BCUT2D eigenvalue weighted by atomic mass is 32.1. The van der Waals surface area contributed by atoms with Gasteiger partial charge in [0.2, 0.25) is 5.89 Å². The van der Waals surface area contributed by atoms with E-state index >= 15 is 0 Å². The number of carbonyl (C=O) groups is 1. The van der Waals surface area contributed by atoms with Crippen LogP contribution in [-0.2, 0) is 25.8 Å². The van der Waals surface area contributed by atoms with Gasteiger partial charge < -0.3 is 14.2 Å². The molecule has 4 rings (SSSR count).